The summed E-state index contributed by atoms with van der Waals surface area (Å²) in [6.45, 7) is 3.80. The van der Waals surface area contributed by atoms with Crippen molar-refractivity contribution in [2.45, 2.75) is 32.6 Å². The van der Waals surface area contributed by atoms with Crippen LogP contribution in [0.5, 0.6) is 0 Å². The van der Waals surface area contributed by atoms with Gasteiger partial charge in [-0.2, -0.15) is 0 Å². The fourth-order valence-corrected chi connectivity index (χ4v) is 2.82. The number of benzene rings is 1. The number of nitrogens with zero attached hydrogens (tertiary/aromatic N) is 1. The highest BCUT2D eigenvalue weighted by molar-refractivity contribution is 5.80. The van der Waals surface area contributed by atoms with E-state index >= 15 is 0 Å². The second-order valence-electron chi connectivity index (χ2n) is 5.77. The number of carbonyl (C=O) groups excluding carboxylic acids is 1. The van der Waals surface area contributed by atoms with Crippen LogP contribution in [0, 0.1) is 5.41 Å². The molecule has 4 nitrogen and oxygen atoms in total. The number of rotatable bonds is 4. The molecule has 1 heterocycles. The van der Waals surface area contributed by atoms with Crippen molar-refractivity contribution >= 4 is 11.6 Å². The second-order valence-corrected chi connectivity index (χ2v) is 5.77. The summed E-state index contributed by atoms with van der Waals surface area (Å²) in [5.74, 6) is 0.130. The number of para-hydroxylation sites is 1. The van der Waals surface area contributed by atoms with Crippen LogP contribution in [-0.4, -0.2) is 35.6 Å². The Morgan fingerprint density at radius 2 is 2.00 bits per heavy atom. The molecule has 0 bridgehead atoms. The van der Waals surface area contributed by atoms with Crippen LogP contribution in [0.1, 0.15) is 31.7 Å². The highest BCUT2D eigenvalue weighted by Crippen LogP contribution is 2.34. The highest BCUT2D eigenvalue weighted by Gasteiger charge is 2.33. The molecule has 0 spiro atoms. The second kappa shape index (κ2) is 6.27. The van der Waals surface area contributed by atoms with E-state index in [1.807, 2.05) is 29.2 Å². The first-order valence-corrected chi connectivity index (χ1v) is 7.32. The van der Waals surface area contributed by atoms with Gasteiger partial charge in [0.15, 0.2) is 0 Å². The third-order valence-electron chi connectivity index (χ3n) is 4.66. The molecule has 1 amide bonds. The Kier molecular flexibility index (Phi) is 4.65. The Bertz CT molecular complexity index is 459. The number of anilines is 1. The Morgan fingerprint density at radius 1 is 1.35 bits per heavy atom. The summed E-state index contributed by atoms with van der Waals surface area (Å²) >= 11 is 0. The van der Waals surface area contributed by atoms with Gasteiger partial charge in [-0.3, -0.25) is 4.79 Å². The summed E-state index contributed by atoms with van der Waals surface area (Å²) in [5.41, 5.74) is 7.47. The number of aliphatic hydroxyl groups is 1. The minimum absolute atomic E-state index is 0.0164. The maximum absolute atomic E-state index is 12.3. The third kappa shape index (κ3) is 3.12. The molecule has 0 unspecified atom stereocenters. The van der Waals surface area contributed by atoms with Gasteiger partial charge in [-0.05, 0) is 36.3 Å². The molecule has 0 aromatic heterocycles. The molecule has 1 aromatic rings. The summed E-state index contributed by atoms with van der Waals surface area (Å²) in [6, 6.07) is 7.51. The van der Waals surface area contributed by atoms with Gasteiger partial charge in [-0.15, -0.1) is 0 Å². The highest BCUT2D eigenvalue weighted by atomic mass is 16.3. The Hall–Kier alpha value is -1.55. The summed E-state index contributed by atoms with van der Waals surface area (Å²) in [6.07, 6.45) is 3.11. The van der Waals surface area contributed by atoms with Gasteiger partial charge in [0.05, 0.1) is 6.42 Å². The molecule has 0 radical (unpaired) electrons. The first-order valence-electron chi connectivity index (χ1n) is 7.32. The summed E-state index contributed by atoms with van der Waals surface area (Å²) in [7, 11) is 0. The van der Waals surface area contributed by atoms with E-state index in [1.165, 1.54) is 0 Å². The summed E-state index contributed by atoms with van der Waals surface area (Å²) in [5, 5.41) is 9.52. The van der Waals surface area contributed by atoms with Crippen LogP contribution >= 0.6 is 0 Å². The fraction of sp³-hybridized carbons (Fsp3) is 0.562. The molecule has 0 atom stereocenters. The van der Waals surface area contributed by atoms with Crippen molar-refractivity contribution in [1.29, 1.82) is 0 Å². The van der Waals surface area contributed by atoms with Crippen LogP contribution in [0.2, 0.25) is 0 Å². The standard InChI is InChI=1S/C16H24N2O2/c1-2-16(12-19)7-9-18(10-8-16)15(20)11-13-5-3-4-6-14(13)17/h3-6,19H,2,7-12,17H2,1H3. The largest absolute Gasteiger partial charge is 0.398 e. The molecule has 1 aliphatic rings. The number of amides is 1. The molecule has 1 aromatic carbocycles. The van der Waals surface area contributed by atoms with Crippen LogP contribution in [0.25, 0.3) is 0 Å². The molecule has 20 heavy (non-hydrogen) atoms. The van der Waals surface area contributed by atoms with Crippen molar-refractivity contribution in [2.24, 2.45) is 5.41 Å². The summed E-state index contributed by atoms with van der Waals surface area (Å²) in [4.78, 5) is 14.2. The van der Waals surface area contributed by atoms with Crippen molar-refractivity contribution in [1.82, 2.24) is 4.90 Å². The van der Waals surface area contributed by atoms with Crippen LogP contribution in [-0.2, 0) is 11.2 Å². The molecule has 4 heteroatoms. The van der Waals surface area contributed by atoms with E-state index in [4.69, 9.17) is 5.73 Å². The molecular formula is C16H24N2O2. The van der Waals surface area contributed by atoms with E-state index in [2.05, 4.69) is 6.92 Å². The number of hydrogen-bond acceptors (Lipinski definition) is 3. The maximum Gasteiger partial charge on any atom is 0.227 e. The normalized spacial score (nSPS) is 18.0. The van der Waals surface area contributed by atoms with Gasteiger partial charge in [-0.25, -0.2) is 0 Å². The minimum atomic E-state index is 0.0164. The topological polar surface area (TPSA) is 66.6 Å². The summed E-state index contributed by atoms with van der Waals surface area (Å²) < 4.78 is 0. The molecule has 0 saturated carbocycles. The molecule has 3 N–H and O–H groups in total. The zero-order chi connectivity index (χ0) is 14.6. The molecule has 1 fully saturated rings. The lowest BCUT2D eigenvalue weighted by atomic mass is 9.77. The monoisotopic (exact) mass is 276 g/mol. The molecule has 1 aliphatic heterocycles. The van der Waals surface area contributed by atoms with Gasteiger partial charge < -0.3 is 15.7 Å². The van der Waals surface area contributed by atoms with Crippen molar-refractivity contribution in [3.63, 3.8) is 0 Å². The quantitative estimate of drug-likeness (QED) is 0.824. The Morgan fingerprint density at radius 3 is 2.55 bits per heavy atom. The molecule has 1 saturated heterocycles. The Labute approximate surface area is 120 Å². The van der Waals surface area contributed by atoms with Crippen LogP contribution in [0.15, 0.2) is 24.3 Å². The first-order chi connectivity index (χ1) is 9.60. The van der Waals surface area contributed by atoms with Crippen molar-refractivity contribution < 1.29 is 9.90 Å². The fourth-order valence-electron chi connectivity index (χ4n) is 2.82. The van der Waals surface area contributed by atoms with Crippen molar-refractivity contribution in [2.75, 3.05) is 25.4 Å². The van der Waals surface area contributed by atoms with Gasteiger partial charge in [0.2, 0.25) is 5.91 Å². The average molecular weight is 276 g/mol. The van der Waals surface area contributed by atoms with E-state index in [0.717, 1.165) is 37.9 Å². The van der Waals surface area contributed by atoms with Gasteiger partial charge in [0.25, 0.3) is 0 Å². The predicted octanol–water partition coefficient (Wildman–Crippen LogP) is 1.82. The zero-order valence-electron chi connectivity index (χ0n) is 12.1. The third-order valence-corrected chi connectivity index (χ3v) is 4.66. The van der Waals surface area contributed by atoms with E-state index in [1.54, 1.807) is 0 Å². The van der Waals surface area contributed by atoms with Gasteiger partial charge in [-0.1, -0.05) is 25.1 Å². The van der Waals surface area contributed by atoms with Crippen molar-refractivity contribution in [3.8, 4) is 0 Å². The number of nitrogen functional groups attached to an aromatic ring is 1. The average Bonchev–Trinajstić information content (AvgIpc) is 2.49. The van der Waals surface area contributed by atoms with Crippen molar-refractivity contribution in [3.05, 3.63) is 29.8 Å². The lowest BCUT2D eigenvalue weighted by Gasteiger charge is -2.40. The van der Waals surface area contributed by atoms with E-state index in [0.29, 0.717) is 12.1 Å². The maximum atomic E-state index is 12.3. The Balaban J connectivity index is 1.94. The molecule has 2 rings (SSSR count). The van der Waals surface area contributed by atoms with E-state index < -0.39 is 0 Å². The van der Waals surface area contributed by atoms with Crippen LogP contribution in [0.3, 0.4) is 0 Å². The minimum Gasteiger partial charge on any atom is -0.398 e. The molecular weight excluding hydrogens is 252 g/mol. The van der Waals surface area contributed by atoms with Gasteiger partial charge >= 0.3 is 0 Å². The number of likely N-dealkylation sites (tertiary alicyclic amines) is 1. The number of piperidine rings is 1. The molecule has 110 valence electrons. The first kappa shape index (κ1) is 14.9. The lowest BCUT2D eigenvalue weighted by Crippen LogP contribution is -2.45. The van der Waals surface area contributed by atoms with Gasteiger partial charge in [0.1, 0.15) is 0 Å². The smallest absolute Gasteiger partial charge is 0.227 e. The van der Waals surface area contributed by atoms with Crippen LogP contribution < -0.4 is 5.73 Å². The number of nitrogens with two attached hydrogens (primary N) is 1. The van der Waals surface area contributed by atoms with Crippen LogP contribution in [0.4, 0.5) is 5.69 Å². The van der Waals surface area contributed by atoms with E-state index in [-0.39, 0.29) is 17.9 Å². The molecule has 0 aliphatic carbocycles. The SMILES string of the molecule is CCC1(CO)CCN(C(=O)Cc2ccccc2N)CC1. The number of aliphatic hydroxyl groups excluding tert-OH is 1. The number of carbonyl (C=O) groups is 1. The lowest BCUT2D eigenvalue weighted by molar-refractivity contribution is -0.133. The zero-order valence-corrected chi connectivity index (χ0v) is 12.1. The number of hydrogen-bond donors (Lipinski definition) is 2. The predicted molar refractivity (Wildman–Crippen MR) is 80.2 cm³/mol. The van der Waals surface area contributed by atoms with E-state index in [9.17, 15) is 9.90 Å². The van der Waals surface area contributed by atoms with Gasteiger partial charge in [0, 0.05) is 25.4 Å².